The van der Waals surface area contributed by atoms with E-state index in [0.717, 1.165) is 19.5 Å². The van der Waals surface area contributed by atoms with Crippen molar-refractivity contribution < 1.29 is 0 Å². The molecule has 0 atom stereocenters. The zero-order valence-electron chi connectivity index (χ0n) is 12.9. The number of aryl methyl sites for hydroxylation is 1. The number of hydrogen-bond acceptors (Lipinski definition) is 2. The Morgan fingerprint density at radius 3 is 2.80 bits per heavy atom. The zero-order valence-corrected chi connectivity index (χ0v) is 13.7. The monoisotopic (exact) mass is 290 g/mol. The quantitative estimate of drug-likeness (QED) is 0.742. The van der Waals surface area contributed by atoms with E-state index in [2.05, 4.69) is 61.1 Å². The first kappa shape index (κ1) is 15.5. The zero-order chi connectivity index (χ0) is 14.4. The van der Waals surface area contributed by atoms with Crippen molar-refractivity contribution in [3.63, 3.8) is 0 Å². The van der Waals surface area contributed by atoms with Gasteiger partial charge >= 0.3 is 0 Å². The summed E-state index contributed by atoms with van der Waals surface area (Å²) in [4.78, 5) is 0. The summed E-state index contributed by atoms with van der Waals surface area (Å²) in [5, 5.41) is 4.92. The first-order valence-corrected chi connectivity index (χ1v) is 8.75. The number of thioether (sulfide) groups is 1. The number of para-hydroxylation sites is 1. The summed E-state index contributed by atoms with van der Waals surface area (Å²) >= 11 is 2.01. The third-order valence-corrected chi connectivity index (χ3v) is 4.38. The summed E-state index contributed by atoms with van der Waals surface area (Å²) in [6.45, 7) is 8.78. The van der Waals surface area contributed by atoms with E-state index < -0.39 is 0 Å². The van der Waals surface area contributed by atoms with Crippen molar-refractivity contribution in [1.82, 2.24) is 9.88 Å². The van der Waals surface area contributed by atoms with Gasteiger partial charge in [-0.15, -0.1) is 0 Å². The summed E-state index contributed by atoms with van der Waals surface area (Å²) in [5.74, 6) is 2.39. The molecule has 2 rings (SSSR count). The SMILES string of the molecule is CCSCCn1cc(CCNC(C)C)c2ccccc21. The number of nitrogens with one attached hydrogen (secondary N) is 1. The molecule has 0 spiro atoms. The van der Waals surface area contributed by atoms with E-state index >= 15 is 0 Å². The van der Waals surface area contributed by atoms with Gasteiger partial charge in [-0.1, -0.05) is 39.0 Å². The van der Waals surface area contributed by atoms with E-state index in [4.69, 9.17) is 0 Å². The maximum atomic E-state index is 3.51. The topological polar surface area (TPSA) is 17.0 Å². The summed E-state index contributed by atoms with van der Waals surface area (Å²) in [7, 11) is 0. The molecule has 1 heterocycles. The van der Waals surface area contributed by atoms with Crippen molar-refractivity contribution in [3.05, 3.63) is 36.0 Å². The van der Waals surface area contributed by atoms with E-state index in [9.17, 15) is 0 Å². The van der Waals surface area contributed by atoms with Crippen LogP contribution in [0.2, 0.25) is 0 Å². The Morgan fingerprint density at radius 1 is 1.25 bits per heavy atom. The lowest BCUT2D eigenvalue weighted by molar-refractivity contribution is 0.590. The van der Waals surface area contributed by atoms with Gasteiger partial charge in [-0.05, 0) is 30.3 Å². The Hall–Kier alpha value is -0.930. The molecule has 0 saturated heterocycles. The van der Waals surface area contributed by atoms with Gasteiger partial charge in [0.15, 0.2) is 0 Å². The fraction of sp³-hybridized carbons (Fsp3) is 0.529. The fourth-order valence-electron chi connectivity index (χ4n) is 2.51. The van der Waals surface area contributed by atoms with E-state index in [1.165, 1.54) is 28.0 Å². The number of aromatic nitrogens is 1. The summed E-state index contributed by atoms with van der Waals surface area (Å²) < 4.78 is 2.42. The minimum absolute atomic E-state index is 0.560. The van der Waals surface area contributed by atoms with Gasteiger partial charge in [0.25, 0.3) is 0 Å². The Balaban J connectivity index is 2.13. The smallest absolute Gasteiger partial charge is 0.0483 e. The van der Waals surface area contributed by atoms with Crippen LogP contribution in [0, 0.1) is 0 Å². The van der Waals surface area contributed by atoms with Gasteiger partial charge in [-0.2, -0.15) is 11.8 Å². The van der Waals surface area contributed by atoms with Crippen LogP contribution in [0.25, 0.3) is 10.9 Å². The fourth-order valence-corrected chi connectivity index (χ4v) is 3.12. The molecule has 0 fully saturated rings. The Bertz CT molecular complexity index is 531. The highest BCUT2D eigenvalue weighted by Gasteiger charge is 2.07. The number of rotatable bonds is 8. The molecule has 0 aliphatic rings. The summed E-state index contributed by atoms with van der Waals surface area (Å²) in [6.07, 6.45) is 3.45. The van der Waals surface area contributed by atoms with Crippen LogP contribution in [0.5, 0.6) is 0 Å². The van der Waals surface area contributed by atoms with E-state index in [1.807, 2.05) is 11.8 Å². The van der Waals surface area contributed by atoms with Gasteiger partial charge < -0.3 is 9.88 Å². The van der Waals surface area contributed by atoms with E-state index in [1.54, 1.807) is 0 Å². The molecule has 0 bridgehead atoms. The van der Waals surface area contributed by atoms with Crippen molar-refractivity contribution in [2.24, 2.45) is 0 Å². The first-order valence-electron chi connectivity index (χ1n) is 7.60. The third-order valence-electron chi connectivity index (χ3n) is 3.50. The van der Waals surface area contributed by atoms with Crippen LogP contribution >= 0.6 is 11.8 Å². The Kier molecular flexibility index (Phi) is 5.99. The summed E-state index contributed by atoms with van der Waals surface area (Å²) in [5.41, 5.74) is 2.85. The molecule has 0 unspecified atom stereocenters. The maximum absolute atomic E-state index is 3.51. The lowest BCUT2D eigenvalue weighted by Crippen LogP contribution is -2.24. The van der Waals surface area contributed by atoms with Gasteiger partial charge in [0.1, 0.15) is 0 Å². The second kappa shape index (κ2) is 7.75. The molecule has 20 heavy (non-hydrogen) atoms. The molecule has 2 aromatic rings. The third kappa shape index (κ3) is 4.03. The second-order valence-electron chi connectivity index (χ2n) is 5.42. The molecule has 0 amide bonds. The maximum Gasteiger partial charge on any atom is 0.0483 e. The van der Waals surface area contributed by atoms with Gasteiger partial charge in [-0.3, -0.25) is 0 Å². The van der Waals surface area contributed by atoms with Crippen molar-refractivity contribution in [2.45, 2.75) is 39.8 Å². The lowest BCUT2D eigenvalue weighted by Gasteiger charge is -2.06. The number of hydrogen-bond donors (Lipinski definition) is 1. The predicted molar refractivity (Wildman–Crippen MR) is 91.8 cm³/mol. The predicted octanol–water partition coefficient (Wildman–Crippen LogP) is 3.93. The highest BCUT2D eigenvalue weighted by Crippen LogP contribution is 2.22. The average Bonchev–Trinajstić information content (AvgIpc) is 2.78. The molecular formula is C17H26N2S. The van der Waals surface area contributed by atoms with Crippen molar-refractivity contribution in [3.8, 4) is 0 Å². The van der Waals surface area contributed by atoms with Crippen molar-refractivity contribution >= 4 is 22.7 Å². The molecule has 0 aliphatic carbocycles. The molecule has 2 nitrogen and oxygen atoms in total. The minimum atomic E-state index is 0.560. The van der Waals surface area contributed by atoms with Crippen LogP contribution < -0.4 is 5.32 Å². The molecule has 1 aromatic carbocycles. The molecule has 1 aromatic heterocycles. The molecule has 0 aliphatic heterocycles. The highest BCUT2D eigenvalue weighted by atomic mass is 32.2. The Labute approximate surface area is 126 Å². The molecule has 0 saturated carbocycles. The number of benzene rings is 1. The van der Waals surface area contributed by atoms with Crippen LogP contribution in [-0.2, 0) is 13.0 Å². The van der Waals surface area contributed by atoms with Crippen LogP contribution in [-0.4, -0.2) is 28.7 Å². The van der Waals surface area contributed by atoms with E-state index in [0.29, 0.717) is 6.04 Å². The second-order valence-corrected chi connectivity index (χ2v) is 6.81. The normalized spacial score (nSPS) is 11.6. The van der Waals surface area contributed by atoms with Gasteiger partial charge in [-0.25, -0.2) is 0 Å². The van der Waals surface area contributed by atoms with Crippen LogP contribution in [0.3, 0.4) is 0 Å². The molecule has 1 N–H and O–H groups in total. The minimum Gasteiger partial charge on any atom is -0.346 e. The number of fused-ring (bicyclic) bond motifs is 1. The van der Waals surface area contributed by atoms with Gasteiger partial charge in [0, 0.05) is 35.4 Å². The molecule has 0 radical (unpaired) electrons. The van der Waals surface area contributed by atoms with Gasteiger partial charge in [0.2, 0.25) is 0 Å². The molecule has 110 valence electrons. The molecule has 3 heteroatoms. The van der Waals surface area contributed by atoms with Crippen LogP contribution in [0.4, 0.5) is 0 Å². The number of nitrogens with zero attached hydrogens (tertiary/aromatic N) is 1. The standard InChI is InChI=1S/C17H26N2S/c1-4-20-12-11-19-13-15(9-10-18-14(2)3)16-7-5-6-8-17(16)19/h5-8,13-14,18H,4,9-12H2,1-3H3. The largest absolute Gasteiger partial charge is 0.346 e. The molecular weight excluding hydrogens is 264 g/mol. The average molecular weight is 290 g/mol. The lowest BCUT2D eigenvalue weighted by atomic mass is 10.1. The highest BCUT2D eigenvalue weighted by molar-refractivity contribution is 7.99. The Morgan fingerprint density at radius 2 is 2.05 bits per heavy atom. The van der Waals surface area contributed by atoms with Crippen molar-refractivity contribution in [1.29, 1.82) is 0 Å². The van der Waals surface area contributed by atoms with E-state index in [-0.39, 0.29) is 0 Å². The first-order chi connectivity index (χ1) is 9.72. The van der Waals surface area contributed by atoms with Crippen LogP contribution in [0.1, 0.15) is 26.3 Å². The van der Waals surface area contributed by atoms with Crippen LogP contribution in [0.15, 0.2) is 30.5 Å². The summed E-state index contributed by atoms with van der Waals surface area (Å²) in [6, 6.07) is 9.34. The van der Waals surface area contributed by atoms with Gasteiger partial charge in [0.05, 0.1) is 0 Å². The van der Waals surface area contributed by atoms with Crippen molar-refractivity contribution in [2.75, 3.05) is 18.1 Å².